The van der Waals surface area contributed by atoms with Crippen LogP contribution in [0.2, 0.25) is 5.02 Å². The highest BCUT2D eigenvalue weighted by atomic mass is 35.5. The third-order valence-corrected chi connectivity index (χ3v) is 3.79. The second kappa shape index (κ2) is 5.07. The van der Waals surface area contributed by atoms with Crippen LogP contribution in [0.3, 0.4) is 0 Å². The van der Waals surface area contributed by atoms with E-state index in [4.69, 9.17) is 11.6 Å². The zero-order valence-corrected chi connectivity index (χ0v) is 12.1. The van der Waals surface area contributed by atoms with E-state index in [0.29, 0.717) is 0 Å². The minimum atomic E-state index is 0.778. The number of rotatable bonds is 3. The van der Waals surface area contributed by atoms with E-state index in [2.05, 4.69) is 42.9 Å². The van der Waals surface area contributed by atoms with Crippen molar-refractivity contribution in [3.05, 3.63) is 51.8 Å². The predicted molar refractivity (Wildman–Crippen MR) is 78.4 cm³/mol. The van der Waals surface area contributed by atoms with Crippen molar-refractivity contribution in [3.63, 3.8) is 0 Å². The molecular formula is C15H19ClN2. The average Bonchev–Trinajstić information content (AvgIpc) is 2.56. The Bertz CT molecular complexity index is 570. The van der Waals surface area contributed by atoms with Crippen molar-refractivity contribution < 1.29 is 0 Å². The van der Waals surface area contributed by atoms with E-state index in [9.17, 15) is 0 Å². The van der Waals surface area contributed by atoms with Gasteiger partial charge in [-0.05, 0) is 50.1 Å². The Morgan fingerprint density at radius 3 is 2.44 bits per heavy atom. The number of aryl methyl sites for hydroxylation is 2. The third-order valence-electron chi connectivity index (χ3n) is 3.47. The molecule has 0 atom stereocenters. The average molecular weight is 263 g/mol. The Morgan fingerprint density at radius 1 is 1.17 bits per heavy atom. The lowest BCUT2D eigenvalue weighted by Gasteiger charge is -2.09. The molecule has 0 saturated carbocycles. The first-order valence-corrected chi connectivity index (χ1v) is 6.48. The molecule has 3 heteroatoms. The highest BCUT2D eigenvalue weighted by Gasteiger charge is 2.06. The Labute approximate surface area is 114 Å². The van der Waals surface area contributed by atoms with E-state index in [1.807, 2.05) is 19.1 Å². The van der Waals surface area contributed by atoms with Gasteiger partial charge < -0.3 is 9.88 Å². The Hall–Kier alpha value is -1.41. The molecule has 1 aromatic carbocycles. The van der Waals surface area contributed by atoms with E-state index in [-0.39, 0.29) is 0 Å². The number of anilines is 1. The summed E-state index contributed by atoms with van der Waals surface area (Å²) in [6, 6.07) is 8.29. The van der Waals surface area contributed by atoms with Crippen molar-refractivity contribution in [2.24, 2.45) is 7.05 Å². The maximum absolute atomic E-state index is 6.20. The van der Waals surface area contributed by atoms with Gasteiger partial charge in [-0.1, -0.05) is 17.7 Å². The Kier molecular flexibility index (Phi) is 3.67. The summed E-state index contributed by atoms with van der Waals surface area (Å²) in [6.07, 6.45) is 0. The molecule has 0 spiro atoms. The lowest BCUT2D eigenvalue weighted by molar-refractivity contribution is 0.837. The quantitative estimate of drug-likeness (QED) is 0.877. The molecule has 2 nitrogen and oxygen atoms in total. The van der Waals surface area contributed by atoms with Gasteiger partial charge in [-0.25, -0.2) is 0 Å². The van der Waals surface area contributed by atoms with Crippen LogP contribution in [0, 0.1) is 20.8 Å². The van der Waals surface area contributed by atoms with Gasteiger partial charge in [-0.3, -0.25) is 0 Å². The van der Waals surface area contributed by atoms with Crippen molar-refractivity contribution in [1.82, 2.24) is 4.57 Å². The van der Waals surface area contributed by atoms with Gasteiger partial charge >= 0.3 is 0 Å². The van der Waals surface area contributed by atoms with Gasteiger partial charge in [0.1, 0.15) is 0 Å². The summed E-state index contributed by atoms with van der Waals surface area (Å²) in [7, 11) is 2.09. The normalized spacial score (nSPS) is 10.7. The maximum Gasteiger partial charge on any atom is 0.0640 e. The van der Waals surface area contributed by atoms with Crippen LogP contribution in [0.5, 0.6) is 0 Å². The van der Waals surface area contributed by atoms with Gasteiger partial charge in [0.05, 0.1) is 10.7 Å². The molecule has 1 aromatic heterocycles. The fraction of sp³-hybridized carbons (Fsp3) is 0.333. The fourth-order valence-electron chi connectivity index (χ4n) is 2.07. The maximum atomic E-state index is 6.20. The van der Waals surface area contributed by atoms with E-state index in [1.54, 1.807) is 0 Å². The van der Waals surface area contributed by atoms with Gasteiger partial charge in [-0.15, -0.1) is 0 Å². The zero-order chi connectivity index (χ0) is 13.3. The standard InChI is InChI=1S/C15H19ClN2/c1-10-5-6-15(14(16)7-10)17-9-13-8-11(2)18(4)12(13)3/h5-8,17H,9H2,1-4H3. The third kappa shape index (κ3) is 2.54. The first kappa shape index (κ1) is 13.0. The molecule has 1 heterocycles. The molecule has 0 fully saturated rings. The summed E-state index contributed by atoms with van der Waals surface area (Å²) >= 11 is 6.20. The van der Waals surface area contributed by atoms with Crippen LogP contribution in [-0.2, 0) is 13.6 Å². The van der Waals surface area contributed by atoms with E-state index in [0.717, 1.165) is 17.3 Å². The molecule has 0 aliphatic heterocycles. The van der Waals surface area contributed by atoms with Crippen LogP contribution in [0.15, 0.2) is 24.3 Å². The topological polar surface area (TPSA) is 17.0 Å². The van der Waals surface area contributed by atoms with Crippen molar-refractivity contribution in [2.75, 3.05) is 5.32 Å². The molecule has 2 rings (SSSR count). The van der Waals surface area contributed by atoms with Crippen LogP contribution in [0.25, 0.3) is 0 Å². The number of nitrogens with zero attached hydrogens (tertiary/aromatic N) is 1. The van der Waals surface area contributed by atoms with Gasteiger partial charge in [0.2, 0.25) is 0 Å². The summed E-state index contributed by atoms with van der Waals surface area (Å²) in [4.78, 5) is 0. The molecular weight excluding hydrogens is 244 g/mol. The van der Waals surface area contributed by atoms with Crippen molar-refractivity contribution in [2.45, 2.75) is 27.3 Å². The Morgan fingerprint density at radius 2 is 1.89 bits per heavy atom. The predicted octanol–water partition coefficient (Wildman–Crippen LogP) is 4.22. The second-order valence-electron chi connectivity index (χ2n) is 4.79. The molecule has 0 unspecified atom stereocenters. The lowest BCUT2D eigenvalue weighted by atomic mass is 10.2. The monoisotopic (exact) mass is 262 g/mol. The number of benzene rings is 1. The molecule has 0 aliphatic carbocycles. The minimum Gasteiger partial charge on any atom is -0.380 e. The number of nitrogens with one attached hydrogen (secondary N) is 1. The van der Waals surface area contributed by atoms with Crippen LogP contribution in [0.4, 0.5) is 5.69 Å². The minimum absolute atomic E-state index is 0.778. The summed E-state index contributed by atoms with van der Waals surface area (Å²) < 4.78 is 2.20. The lowest BCUT2D eigenvalue weighted by Crippen LogP contribution is -2.02. The molecule has 18 heavy (non-hydrogen) atoms. The van der Waals surface area contributed by atoms with Crippen molar-refractivity contribution >= 4 is 17.3 Å². The molecule has 0 bridgehead atoms. The molecule has 1 N–H and O–H groups in total. The second-order valence-corrected chi connectivity index (χ2v) is 5.20. The van der Waals surface area contributed by atoms with E-state index >= 15 is 0 Å². The highest BCUT2D eigenvalue weighted by Crippen LogP contribution is 2.24. The van der Waals surface area contributed by atoms with Gasteiger partial charge in [0.15, 0.2) is 0 Å². The van der Waals surface area contributed by atoms with Gasteiger partial charge in [-0.2, -0.15) is 0 Å². The number of aromatic nitrogens is 1. The van der Waals surface area contributed by atoms with Crippen LogP contribution < -0.4 is 5.32 Å². The van der Waals surface area contributed by atoms with Gasteiger partial charge in [0, 0.05) is 25.0 Å². The summed E-state index contributed by atoms with van der Waals surface area (Å²) in [5, 5.41) is 4.17. The highest BCUT2D eigenvalue weighted by molar-refractivity contribution is 6.33. The molecule has 96 valence electrons. The van der Waals surface area contributed by atoms with Crippen LogP contribution in [0.1, 0.15) is 22.5 Å². The zero-order valence-electron chi connectivity index (χ0n) is 11.3. The number of hydrogen-bond donors (Lipinski definition) is 1. The van der Waals surface area contributed by atoms with E-state index < -0.39 is 0 Å². The first-order chi connectivity index (χ1) is 8.49. The van der Waals surface area contributed by atoms with Gasteiger partial charge in [0.25, 0.3) is 0 Å². The molecule has 0 amide bonds. The molecule has 0 saturated heterocycles. The summed E-state index contributed by atoms with van der Waals surface area (Å²) in [6.45, 7) is 7.10. The number of hydrogen-bond acceptors (Lipinski definition) is 1. The first-order valence-electron chi connectivity index (χ1n) is 6.11. The SMILES string of the molecule is Cc1ccc(NCc2cc(C)n(C)c2C)c(Cl)c1. The van der Waals surface area contributed by atoms with Crippen molar-refractivity contribution in [1.29, 1.82) is 0 Å². The smallest absolute Gasteiger partial charge is 0.0640 e. The van der Waals surface area contributed by atoms with E-state index in [1.165, 1.54) is 22.5 Å². The number of halogens is 1. The summed E-state index contributed by atoms with van der Waals surface area (Å²) in [5.41, 5.74) is 6.05. The molecule has 2 aromatic rings. The van der Waals surface area contributed by atoms with Crippen LogP contribution >= 0.6 is 11.6 Å². The molecule has 0 radical (unpaired) electrons. The fourth-order valence-corrected chi connectivity index (χ4v) is 2.37. The van der Waals surface area contributed by atoms with Crippen LogP contribution in [-0.4, -0.2) is 4.57 Å². The Balaban J connectivity index is 2.14. The summed E-state index contributed by atoms with van der Waals surface area (Å²) in [5.74, 6) is 0. The molecule has 0 aliphatic rings. The van der Waals surface area contributed by atoms with Crippen molar-refractivity contribution in [3.8, 4) is 0 Å². The largest absolute Gasteiger partial charge is 0.380 e.